The Morgan fingerprint density at radius 2 is 1.77 bits per heavy atom. The standard InChI is InChI=1S/C19H19ClFNO3S/c20-15-6-8-17(9-7-15)26(24,25)19(10-1-2-11-19)18(23)22-13-14-4-3-5-16(21)12-14/h3-9,12H,1-2,10-11,13H2,(H,22,23). The van der Waals surface area contributed by atoms with Crippen molar-refractivity contribution in [2.24, 2.45) is 0 Å². The fourth-order valence-corrected chi connectivity index (χ4v) is 5.61. The molecule has 0 heterocycles. The lowest BCUT2D eigenvalue weighted by Gasteiger charge is -2.27. The Balaban J connectivity index is 1.87. The van der Waals surface area contributed by atoms with Gasteiger partial charge < -0.3 is 5.32 Å². The van der Waals surface area contributed by atoms with Crippen molar-refractivity contribution in [3.05, 3.63) is 64.9 Å². The van der Waals surface area contributed by atoms with Crippen molar-refractivity contribution in [1.29, 1.82) is 0 Å². The van der Waals surface area contributed by atoms with E-state index in [1.807, 2.05) is 0 Å². The van der Waals surface area contributed by atoms with Gasteiger partial charge in [-0.05, 0) is 54.8 Å². The molecule has 7 heteroatoms. The van der Waals surface area contributed by atoms with Crippen LogP contribution in [0, 0.1) is 5.82 Å². The van der Waals surface area contributed by atoms with Gasteiger partial charge in [-0.1, -0.05) is 36.6 Å². The molecule has 1 aliphatic rings. The van der Waals surface area contributed by atoms with Crippen molar-refractivity contribution >= 4 is 27.3 Å². The summed E-state index contributed by atoms with van der Waals surface area (Å²) in [6.45, 7) is 0.0779. The highest BCUT2D eigenvalue weighted by Gasteiger charge is 2.52. The van der Waals surface area contributed by atoms with E-state index in [0.717, 1.165) is 0 Å². The number of sulfone groups is 1. The van der Waals surface area contributed by atoms with E-state index >= 15 is 0 Å². The molecule has 0 aromatic heterocycles. The molecule has 1 N–H and O–H groups in total. The maximum atomic E-state index is 13.3. The van der Waals surface area contributed by atoms with Gasteiger partial charge >= 0.3 is 0 Å². The predicted molar refractivity (Wildman–Crippen MR) is 98.1 cm³/mol. The van der Waals surface area contributed by atoms with Crippen LogP contribution in [-0.2, 0) is 21.2 Å². The van der Waals surface area contributed by atoms with E-state index in [1.54, 1.807) is 12.1 Å². The minimum atomic E-state index is -3.87. The molecule has 138 valence electrons. The number of benzene rings is 2. The Labute approximate surface area is 157 Å². The zero-order chi connectivity index (χ0) is 18.8. The molecule has 4 nitrogen and oxygen atoms in total. The van der Waals surface area contributed by atoms with Crippen molar-refractivity contribution in [2.75, 3.05) is 0 Å². The van der Waals surface area contributed by atoms with Crippen molar-refractivity contribution in [3.63, 3.8) is 0 Å². The molecule has 0 saturated heterocycles. The average molecular weight is 396 g/mol. The summed E-state index contributed by atoms with van der Waals surface area (Å²) < 4.78 is 38.2. The number of hydrogen-bond donors (Lipinski definition) is 1. The van der Waals surface area contributed by atoms with Crippen LogP contribution < -0.4 is 5.32 Å². The van der Waals surface area contributed by atoms with Crippen LogP contribution in [-0.4, -0.2) is 19.1 Å². The van der Waals surface area contributed by atoms with Crippen molar-refractivity contribution in [2.45, 2.75) is 41.9 Å². The van der Waals surface area contributed by atoms with Crippen LogP contribution in [0.5, 0.6) is 0 Å². The SMILES string of the molecule is O=C(NCc1cccc(F)c1)C1(S(=O)(=O)c2ccc(Cl)cc2)CCCC1. The fraction of sp³-hybridized carbons (Fsp3) is 0.316. The first kappa shape index (κ1) is 18.9. The quantitative estimate of drug-likeness (QED) is 0.835. The maximum absolute atomic E-state index is 13.3. The number of rotatable bonds is 5. The van der Waals surface area contributed by atoms with E-state index in [4.69, 9.17) is 11.6 Å². The van der Waals surface area contributed by atoms with Crippen LogP contribution in [0.4, 0.5) is 4.39 Å². The zero-order valence-corrected chi connectivity index (χ0v) is 15.6. The van der Waals surface area contributed by atoms with Gasteiger partial charge in [0.1, 0.15) is 5.82 Å². The molecule has 2 aromatic carbocycles. The summed E-state index contributed by atoms with van der Waals surface area (Å²) in [6.07, 6.45) is 1.88. The molecule has 26 heavy (non-hydrogen) atoms. The third-order valence-corrected chi connectivity index (χ3v) is 7.57. The first-order valence-electron chi connectivity index (χ1n) is 8.38. The van der Waals surface area contributed by atoms with Crippen LogP contribution in [0.3, 0.4) is 0 Å². The lowest BCUT2D eigenvalue weighted by molar-refractivity contribution is -0.123. The number of carbonyl (C=O) groups is 1. The van der Waals surface area contributed by atoms with Crippen molar-refractivity contribution in [1.82, 2.24) is 5.32 Å². The summed E-state index contributed by atoms with van der Waals surface area (Å²) in [5.74, 6) is -0.935. The highest BCUT2D eigenvalue weighted by molar-refractivity contribution is 7.93. The van der Waals surface area contributed by atoms with Crippen molar-refractivity contribution < 1.29 is 17.6 Å². The lowest BCUT2D eigenvalue weighted by atomic mass is 10.1. The highest BCUT2D eigenvalue weighted by atomic mass is 35.5. The summed E-state index contributed by atoms with van der Waals surface area (Å²) in [5, 5.41) is 3.12. The largest absolute Gasteiger partial charge is 0.351 e. The Bertz CT molecular complexity index is 907. The van der Waals surface area contributed by atoms with E-state index in [-0.39, 0.29) is 24.3 Å². The van der Waals surface area contributed by atoms with Gasteiger partial charge in [0.05, 0.1) is 4.90 Å². The number of hydrogen-bond acceptors (Lipinski definition) is 3. The average Bonchev–Trinajstić information content (AvgIpc) is 3.12. The van der Waals surface area contributed by atoms with Gasteiger partial charge in [0.15, 0.2) is 14.6 Å². The second-order valence-electron chi connectivity index (χ2n) is 6.47. The van der Waals surface area contributed by atoms with Crippen LogP contribution >= 0.6 is 11.6 Å². The predicted octanol–water partition coefficient (Wildman–Crippen LogP) is 3.88. The van der Waals surface area contributed by atoms with Gasteiger partial charge in [0, 0.05) is 11.6 Å². The monoisotopic (exact) mass is 395 g/mol. The van der Waals surface area contributed by atoms with Gasteiger partial charge in [-0.15, -0.1) is 0 Å². The zero-order valence-electron chi connectivity index (χ0n) is 14.0. The lowest BCUT2D eigenvalue weighted by Crippen LogP contribution is -2.50. The Morgan fingerprint density at radius 1 is 1.12 bits per heavy atom. The number of amides is 1. The summed E-state index contributed by atoms with van der Waals surface area (Å²) in [6, 6.07) is 11.7. The minimum absolute atomic E-state index is 0.0779. The Hall–Kier alpha value is -1.92. The second-order valence-corrected chi connectivity index (χ2v) is 9.17. The van der Waals surface area contributed by atoms with E-state index in [1.165, 1.54) is 36.4 Å². The third kappa shape index (κ3) is 3.48. The van der Waals surface area contributed by atoms with E-state index < -0.39 is 26.3 Å². The van der Waals surface area contributed by atoms with Crippen LogP contribution in [0.15, 0.2) is 53.4 Å². The summed E-state index contributed by atoms with van der Waals surface area (Å²) >= 11 is 5.84. The summed E-state index contributed by atoms with van der Waals surface area (Å²) in [4.78, 5) is 13.0. The van der Waals surface area contributed by atoms with Crippen LogP contribution in [0.1, 0.15) is 31.2 Å². The smallest absolute Gasteiger partial charge is 0.242 e. The van der Waals surface area contributed by atoms with Crippen LogP contribution in [0.25, 0.3) is 0 Å². The normalized spacial score (nSPS) is 16.4. The molecule has 0 spiro atoms. The van der Waals surface area contributed by atoms with Gasteiger partial charge in [0.2, 0.25) is 5.91 Å². The topological polar surface area (TPSA) is 63.2 Å². The van der Waals surface area contributed by atoms with Gasteiger partial charge in [-0.2, -0.15) is 0 Å². The van der Waals surface area contributed by atoms with Crippen molar-refractivity contribution in [3.8, 4) is 0 Å². The summed E-state index contributed by atoms with van der Waals surface area (Å²) in [5.41, 5.74) is 0.579. The Kier molecular flexibility index (Phi) is 5.34. The molecule has 1 amide bonds. The van der Waals surface area contributed by atoms with Crippen LogP contribution in [0.2, 0.25) is 5.02 Å². The molecule has 0 radical (unpaired) electrons. The van der Waals surface area contributed by atoms with E-state index in [0.29, 0.717) is 23.4 Å². The first-order chi connectivity index (χ1) is 12.3. The number of nitrogens with one attached hydrogen (secondary N) is 1. The molecular weight excluding hydrogens is 377 g/mol. The second kappa shape index (κ2) is 7.37. The van der Waals surface area contributed by atoms with E-state index in [9.17, 15) is 17.6 Å². The molecule has 0 aliphatic heterocycles. The maximum Gasteiger partial charge on any atom is 0.242 e. The number of carbonyl (C=O) groups excluding carboxylic acids is 1. The minimum Gasteiger partial charge on any atom is -0.351 e. The molecule has 1 aliphatic carbocycles. The molecule has 1 fully saturated rings. The number of halogens is 2. The fourth-order valence-electron chi connectivity index (χ4n) is 3.39. The molecule has 1 saturated carbocycles. The van der Waals surface area contributed by atoms with E-state index in [2.05, 4.69) is 5.32 Å². The molecule has 0 atom stereocenters. The van der Waals surface area contributed by atoms with Gasteiger partial charge in [0.25, 0.3) is 0 Å². The molecular formula is C19H19ClFNO3S. The Morgan fingerprint density at radius 3 is 2.38 bits per heavy atom. The third-order valence-electron chi connectivity index (χ3n) is 4.81. The molecule has 2 aromatic rings. The van der Waals surface area contributed by atoms with Gasteiger partial charge in [-0.25, -0.2) is 12.8 Å². The highest BCUT2D eigenvalue weighted by Crippen LogP contribution is 2.41. The molecule has 0 bridgehead atoms. The summed E-state index contributed by atoms with van der Waals surface area (Å²) in [7, 11) is -3.87. The first-order valence-corrected chi connectivity index (χ1v) is 10.2. The molecule has 0 unspecified atom stereocenters. The van der Waals surface area contributed by atoms with Gasteiger partial charge in [-0.3, -0.25) is 4.79 Å². The molecule has 3 rings (SSSR count).